The van der Waals surface area contributed by atoms with E-state index in [4.69, 9.17) is 5.11 Å². The average molecular weight is 298 g/mol. The van der Waals surface area contributed by atoms with Gasteiger partial charge in [-0.25, -0.2) is 9.78 Å². The SMILES string of the molecule is CNC(=O)c1cc(C(=O)O)cc(CCCc2ccccc2)n1. The van der Waals surface area contributed by atoms with E-state index in [0.29, 0.717) is 12.1 Å². The molecule has 1 aromatic carbocycles. The van der Waals surface area contributed by atoms with Crippen LogP contribution in [0.1, 0.15) is 38.5 Å². The highest BCUT2D eigenvalue weighted by Crippen LogP contribution is 2.11. The van der Waals surface area contributed by atoms with Gasteiger partial charge < -0.3 is 10.4 Å². The molecule has 0 spiro atoms. The fraction of sp³-hybridized carbons (Fsp3) is 0.235. The molecule has 114 valence electrons. The molecule has 0 unspecified atom stereocenters. The normalized spacial score (nSPS) is 10.2. The number of carbonyl (C=O) groups excluding carboxylic acids is 1. The fourth-order valence-corrected chi connectivity index (χ4v) is 2.20. The number of amides is 1. The van der Waals surface area contributed by atoms with E-state index in [1.807, 2.05) is 18.2 Å². The van der Waals surface area contributed by atoms with Crippen LogP contribution in [0.3, 0.4) is 0 Å². The van der Waals surface area contributed by atoms with Crippen molar-refractivity contribution in [2.75, 3.05) is 7.05 Å². The third-order valence-electron chi connectivity index (χ3n) is 3.33. The van der Waals surface area contributed by atoms with Gasteiger partial charge in [-0.15, -0.1) is 0 Å². The van der Waals surface area contributed by atoms with E-state index in [2.05, 4.69) is 22.4 Å². The number of nitrogens with zero attached hydrogens (tertiary/aromatic N) is 1. The summed E-state index contributed by atoms with van der Waals surface area (Å²) in [4.78, 5) is 27.1. The number of carboxylic acid groups (broad SMARTS) is 1. The van der Waals surface area contributed by atoms with E-state index in [0.717, 1.165) is 12.8 Å². The molecule has 1 aromatic heterocycles. The van der Waals surface area contributed by atoms with Gasteiger partial charge in [-0.2, -0.15) is 0 Å². The number of aromatic carboxylic acids is 1. The predicted octanol–water partition coefficient (Wildman–Crippen LogP) is 2.31. The number of rotatable bonds is 6. The van der Waals surface area contributed by atoms with Crippen LogP contribution in [0.2, 0.25) is 0 Å². The Hall–Kier alpha value is -2.69. The summed E-state index contributed by atoms with van der Waals surface area (Å²) in [5.74, 6) is -1.44. The first kappa shape index (κ1) is 15.7. The summed E-state index contributed by atoms with van der Waals surface area (Å²) in [6.07, 6.45) is 2.35. The smallest absolute Gasteiger partial charge is 0.335 e. The molecule has 0 aliphatic carbocycles. The number of hydrogen-bond acceptors (Lipinski definition) is 3. The third kappa shape index (κ3) is 4.15. The van der Waals surface area contributed by atoms with E-state index < -0.39 is 5.97 Å². The molecular formula is C17H18N2O3. The van der Waals surface area contributed by atoms with Crippen molar-refractivity contribution in [3.63, 3.8) is 0 Å². The minimum Gasteiger partial charge on any atom is -0.478 e. The molecule has 0 aliphatic heterocycles. The highest BCUT2D eigenvalue weighted by Gasteiger charge is 2.12. The Morgan fingerprint density at radius 3 is 2.50 bits per heavy atom. The minimum atomic E-state index is -1.06. The van der Waals surface area contributed by atoms with Crippen LogP contribution in [0.4, 0.5) is 0 Å². The van der Waals surface area contributed by atoms with Gasteiger partial charge in [0.25, 0.3) is 5.91 Å². The summed E-state index contributed by atoms with van der Waals surface area (Å²) in [7, 11) is 1.49. The van der Waals surface area contributed by atoms with Crippen LogP contribution in [0.25, 0.3) is 0 Å². The molecule has 0 bridgehead atoms. The standard InChI is InChI=1S/C17H18N2O3/c1-18-16(20)15-11-13(17(21)22)10-14(19-15)9-5-8-12-6-3-2-4-7-12/h2-4,6-7,10-11H,5,8-9H2,1H3,(H,18,20)(H,21,22). The number of hydrogen-bond donors (Lipinski definition) is 2. The molecule has 5 nitrogen and oxygen atoms in total. The molecule has 0 radical (unpaired) electrons. The summed E-state index contributed by atoms with van der Waals surface area (Å²) >= 11 is 0. The van der Waals surface area contributed by atoms with Gasteiger partial charge in [-0.1, -0.05) is 30.3 Å². The number of nitrogens with one attached hydrogen (secondary N) is 1. The van der Waals surface area contributed by atoms with E-state index in [9.17, 15) is 9.59 Å². The zero-order chi connectivity index (χ0) is 15.9. The lowest BCUT2D eigenvalue weighted by Crippen LogP contribution is -2.20. The van der Waals surface area contributed by atoms with Gasteiger partial charge in [0.2, 0.25) is 0 Å². The Labute approximate surface area is 129 Å². The van der Waals surface area contributed by atoms with Crippen molar-refractivity contribution in [2.45, 2.75) is 19.3 Å². The maximum absolute atomic E-state index is 11.7. The molecule has 0 fully saturated rings. The number of aromatic nitrogens is 1. The maximum atomic E-state index is 11.7. The fourth-order valence-electron chi connectivity index (χ4n) is 2.20. The molecule has 2 rings (SSSR count). The van der Waals surface area contributed by atoms with Crippen LogP contribution in [0.5, 0.6) is 0 Å². The Bertz CT molecular complexity index is 669. The van der Waals surface area contributed by atoms with Crippen molar-refractivity contribution in [3.8, 4) is 0 Å². The Kier molecular flexibility index (Phi) is 5.25. The molecule has 1 amide bonds. The number of aryl methyl sites for hydroxylation is 2. The van der Waals surface area contributed by atoms with Crippen LogP contribution in [-0.4, -0.2) is 29.0 Å². The summed E-state index contributed by atoms with van der Waals surface area (Å²) in [5, 5.41) is 11.6. The van der Waals surface area contributed by atoms with Crippen molar-refractivity contribution in [3.05, 3.63) is 65.0 Å². The monoisotopic (exact) mass is 298 g/mol. The maximum Gasteiger partial charge on any atom is 0.335 e. The van der Waals surface area contributed by atoms with Gasteiger partial charge in [-0.05, 0) is 37.0 Å². The quantitative estimate of drug-likeness (QED) is 0.857. The van der Waals surface area contributed by atoms with E-state index in [1.165, 1.54) is 24.7 Å². The molecule has 0 atom stereocenters. The number of benzene rings is 1. The van der Waals surface area contributed by atoms with Crippen molar-refractivity contribution in [1.82, 2.24) is 10.3 Å². The molecule has 0 saturated heterocycles. The Morgan fingerprint density at radius 2 is 1.86 bits per heavy atom. The number of pyridine rings is 1. The second-order valence-corrected chi connectivity index (χ2v) is 4.96. The van der Waals surface area contributed by atoms with Crippen LogP contribution in [0, 0.1) is 0 Å². The third-order valence-corrected chi connectivity index (χ3v) is 3.33. The molecule has 2 N–H and O–H groups in total. The van der Waals surface area contributed by atoms with E-state index in [1.54, 1.807) is 0 Å². The van der Waals surface area contributed by atoms with Crippen molar-refractivity contribution >= 4 is 11.9 Å². The van der Waals surface area contributed by atoms with Crippen LogP contribution in [-0.2, 0) is 12.8 Å². The van der Waals surface area contributed by atoms with Crippen molar-refractivity contribution < 1.29 is 14.7 Å². The molecule has 2 aromatic rings. The number of carboxylic acids is 1. The van der Waals surface area contributed by atoms with Gasteiger partial charge >= 0.3 is 5.97 Å². The summed E-state index contributed by atoms with van der Waals surface area (Å²) in [5.41, 5.74) is 2.07. The van der Waals surface area contributed by atoms with Crippen molar-refractivity contribution in [2.24, 2.45) is 0 Å². The first-order valence-electron chi connectivity index (χ1n) is 7.10. The first-order chi connectivity index (χ1) is 10.6. The minimum absolute atomic E-state index is 0.0864. The van der Waals surface area contributed by atoms with E-state index >= 15 is 0 Å². The summed E-state index contributed by atoms with van der Waals surface area (Å²) in [6, 6.07) is 12.9. The van der Waals surface area contributed by atoms with Gasteiger partial charge in [-0.3, -0.25) is 4.79 Å². The predicted molar refractivity (Wildman–Crippen MR) is 83.1 cm³/mol. The van der Waals surface area contributed by atoms with Crippen LogP contribution in [0.15, 0.2) is 42.5 Å². The highest BCUT2D eigenvalue weighted by molar-refractivity contribution is 5.95. The zero-order valence-corrected chi connectivity index (χ0v) is 12.4. The molecule has 0 aliphatic rings. The Morgan fingerprint density at radius 1 is 1.14 bits per heavy atom. The lowest BCUT2D eigenvalue weighted by atomic mass is 10.1. The van der Waals surface area contributed by atoms with E-state index in [-0.39, 0.29) is 17.2 Å². The molecular weight excluding hydrogens is 280 g/mol. The number of carbonyl (C=O) groups is 2. The topological polar surface area (TPSA) is 79.3 Å². The zero-order valence-electron chi connectivity index (χ0n) is 12.4. The highest BCUT2D eigenvalue weighted by atomic mass is 16.4. The lowest BCUT2D eigenvalue weighted by Gasteiger charge is -2.06. The lowest BCUT2D eigenvalue weighted by molar-refractivity contribution is 0.0696. The largest absolute Gasteiger partial charge is 0.478 e. The molecule has 5 heteroatoms. The van der Waals surface area contributed by atoms with Gasteiger partial charge in [0.05, 0.1) is 5.56 Å². The van der Waals surface area contributed by atoms with Crippen LogP contribution < -0.4 is 5.32 Å². The van der Waals surface area contributed by atoms with Crippen molar-refractivity contribution in [1.29, 1.82) is 0 Å². The molecule has 22 heavy (non-hydrogen) atoms. The summed E-state index contributed by atoms with van der Waals surface area (Å²) in [6.45, 7) is 0. The average Bonchev–Trinajstić information content (AvgIpc) is 2.54. The van der Waals surface area contributed by atoms with Gasteiger partial charge in [0.1, 0.15) is 5.69 Å². The second kappa shape index (κ2) is 7.36. The first-order valence-corrected chi connectivity index (χ1v) is 7.10. The second-order valence-electron chi connectivity index (χ2n) is 4.96. The molecule has 0 saturated carbocycles. The van der Waals surface area contributed by atoms with Gasteiger partial charge in [0.15, 0.2) is 0 Å². The Balaban J connectivity index is 2.10. The van der Waals surface area contributed by atoms with Gasteiger partial charge in [0, 0.05) is 12.7 Å². The van der Waals surface area contributed by atoms with Crippen LogP contribution >= 0.6 is 0 Å². The molecule has 1 heterocycles. The summed E-state index contributed by atoms with van der Waals surface area (Å²) < 4.78 is 0.